The highest BCUT2D eigenvalue weighted by molar-refractivity contribution is 9.10. The second kappa shape index (κ2) is 5.27. The first-order valence-corrected chi connectivity index (χ1v) is 6.24. The Morgan fingerprint density at radius 2 is 2.00 bits per heavy atom. The average Bonchev–Trinajstić information content (AvgIpc) is 2.33. The zero-order valence-corrected chi connectivity index (χ0v) is 10.7. The molecule has 0 unspecified atom stereocenters. The van der Waals surface area contributed by atoms with Gasteiger partial charge >= 0.3 is 0 Å². The number of carbonyl (C=O) groups excluding carboxylic acids is 1. The molecule has 0 aliphatic rings. The smallest absolute Gasteiger partial charge is 0.151 e. The third-order valence-electron chi connectivity index (χ3n) is 1.95. The number of hydrogen-bond donors (Lipinski definition) is 0. The van der Waals surface area contributed by atoms with Gasteiger partial charge in [-0.3, -0.25) is 4.79 Å². The van der Waals surface area contributed by atoms with Crippen LogP contribution < -0.4 is 0 Å². The minimum atomic E-state index is 0.594. The molecule has 0 aliphatic carbocycles. The normalized spacial score (nSPS) is 10.1. The van der Waals surface area contributed by atoms with E-state index in [4.69, 9.17) is 0 Å². The van der Waals surface area contributed by atoms with E-state index in [-0.39, 0.29) is 0 Å². The van der Waals surface area contributed by atoms with Gasteiger partial charge in [0.1, 0.15) is 5.03 Å². The first kappa shape index (κ1) is 11.4. The van der Waals surface area contributed by atoms with E-state index in [0.717, 1.165) is 20.7 Å². The van der Waals surface area contributed by atoms with Crippen LogP contribution in [0.1, 0.15) is 10.4 Å². The average molecular weight is 294 g/mol. The molecule has 16 heavy (non-hydrogen) atoms. The third-order valence-corrected chi connectivity index (χ3v) is 3.93. The molecule has 4 heteroatoms. The number of rotatable bonds is 3. The lowest BCUT2D eigenvalue weighted by Gasteiger charge is -2.02. The lowest BCUT2D eigenvalue weighted by Crippen LogP contribution is -1.84. The van der Waals surface area contributed by atoms with Crippen LogP contribution in [0.25, 0.3) is 0 Å². The van der Waals surface area contributed by atoms with E-state index in [1.165, 1.54) is 0 Å². The lowest BCUT2D eigenvalue weighted by atomic mass is 10.3. The van der Waals surface area contributed by atoms with Crippen molar-refractivity contribution in [1.29, 1.82) is 0 Å². The molecule has 1 heterocycles. The molecule has 0 amide bonds. The molecular weight excluding hydrogens is 286 g/mol. The van der Waals surface area contributed by atoms with Crippen LogP contribution in [0.4, 0.5) is 0 Å². The van der Waals surface area contributed by atoms with Gasteiger partial charge in [-0.2, -0.15) is 0 Å². The van der Waals surface area contributed by atoms with Gasteiger partial charge in [0, 0.05) is 21.1 Å². The largest absolute Gasteiger partial charge is 0.298 e. The fourth-order valence-electron chi connectivity index (χ4n) is 1.16. The Kier molecular flexibility index (Phi) is 3.74. The zero-order valence-electron chi connectivity index (χ0n) is 8.26. The Hall–Kier alpha value is -1.13. The van der Waals surface area contributed by atoms with Gasteiger partial charge < -0.3 is 0 Å². The molecule has 0 atom stereocenters. The minimum absolute atomic E-state index is 0.594. The van der Waals surface area contributed by atoms with Crippen LogP contribution in [0.2, 0.25) is 0 Å². The Morgan fingerprint density at radius 3 is 2.62 bits per heavy atom. The van der Waals surface area contributed by atoms with E-state index in [9.17, 15) is 4.79 Å². The van der Waals surface area contributed by atoms with Crippen molar-refractivity contribution < 1.29 is 4.79 Å². The molecule has 0 aliphatic heterocycles. The second-order valence-corrected chi connectivity index (χ2v) is 5.00. The summed E-state index contributed by atoms with van der Waals surface area (Å²) in [7, 11) is 0. The van der Waals surface area contributed by atoms with Crippen LogP contribution in [0.15, 0.2) is 57.0 Å². The molecule has 0 saturated carbocycles. The van der Waals surface area contributed by atoms with Crippen LogP contribution >= 0.6 is 27.7 Å². The predicted octanol–water partition coefficient (Wildman–Crippen LogP) is 3.81. The van der Waals surface area contributed by atoms with E-state index in [1.54, 1.807) is 24.0 Å². The van der Waals surface area contributed by atoms with Crippen molar-refractivity contribution in [3.05, 3.63) is 52.6 Å². The summed E-state index contributed by atoms with van der Waals surface area (Å²) in [5.41, 5.74) is 0.594. The summed E-state index contributed by atoms with van der Waals surface area (Å²) in [5, 5.41) is 0.873. The number of nitrogens with zero attached hydrogens (tertiary/aromatic N) is 1. The van der Waals surface area contributed by atoms with E-state index in [0.29, 0.717) is 5.56 Å². The van der Waals surface area contributed by atoms with Gasteiger partial charge in [-0.15, -0.1) is 0 Å². The van der Waals surface area contributed by atoms with E-state index in [1.807, 2.05) is 30.3 Å². The predicted molar refractivity (Wildman–Crippen MR) is 67.9 cm³/mol. The highest BCUT2D eigenvalue weighted by Crippen LogP contribution is 2.31. The number of benzene rings is 1. The molecule has 0 spiro atoms. The molecule has 2 aromatic rings. The fraction of sp³-hybridized carbons (Fsp3) is 0. The Labute approximate surface area is 106 Å². The third kappa shape index (κ3) is 2.71. The summed E-state index contributed by atoms with van der Waals surface area (Å²) in [5.74, 6) is 0. The maximum absolute atomic E-state index is 10.5. The molecule has 0 bridgehead atoms. The van der Waals surface area contributed by atoms with Crippen molar-refractivity contribution in [3.8, 4) is 0 Å². The molecular formula is C12H8BrNOS. The number of halogens is 1. The maximum Gasteiger partial charge on any atom is 0.151 e. The van der Waals surface area contributed by atoms with Crippen molar-refractivity contribution in [2.24, 2.45) is 0 Å². The topological polar surface area (TPSA) is 30.0 Å². The SMILES string of the molecule is O=Cc1ccc(Sc2ccccc2Br)nc1. The van der Waals surface area contributed by atoms with Crippen molar-refractivity contribution in [2.75, 3.05) is 0 Å². The van der Waals surface area contributed by atoms with E-state index >= 15 is 0 Å². The number of hydrogen-bond acceptors (Lipinski definition) is 3. The van der Waals surface area contributed by atoms with Crippen LogP contribution in [-0.4, -0.2) is 11.3 Å². The van der Waals surface area contributed by atoms with E-state index in [2.05, 4.69) is 20.9 Å². The number of pyridine rings is 1. The molecule has 0 N–H and O–H groups in total. The molecule has 0 radical (unpaired) electrons. The zero-order chi connectivity index (χ0) is 11.4. The summed E-state index contributed by atoms with van der Waals surface area (Å²) >= 11 is 5.04. The molecule has 2 rings (SSSR count). The maximum atomic E-state index is 10.5. The molecule has 1 aromatic carbocycles. The summed E-state index contributed by atoms with van der Waals surface area (Å²) in [6.45, 7) is 0. The number of carbonyl (C=O) groups is 1. The highest BCUT2D eigenvalue weighted by Gasteiger charge is 2.02. The van der Waals surface area contributed by atoms with Gasteiger partial charge in [0.15, 0.2) is 6.29 Å². The van der Waals surface area contributed by atoms with Crippen molar-refractivity contribution in [2.45, 2.75) is 9.92 Å². The van der Waals surface area contributed by atoms with Gasteiger partial charge in [0.05, 0.1) is 0 Å². The molecule has 1 aromatic heterocycles. The summed E-state index contributed by atoms with van der Waals surface area (Å²) in [6, 6.07) is 11.6. The highest BCUT2D eigenvalue weighted by atomic mass is 79.9. The first-order valence-electron chi connectivity index (χ1n) is 4.63. The number of aromatic nitrogens is 1. The Balaban J connectivity index is 2.21. The van der Waals surface area contributed by atoms with Gasteiger partial charge in [-0.05, 0) is 40.2 Å². The Morgan fingerprint density at radius 1 is 1.19 bits per heavy atom. The monoisotopic (exact) mass is 293 g/mol. The van der Waals surface area contributed by atoms with Crippen LogP contribution in [0.3, 0.4) is 0 Å². The summed E-state index contributed by atoms with van der Waals surface area (Å²) < 4.78 is 1.04. The lowest BCUT2D eigenvalue weighted by molar-refractivity contribution is 0.112. The van der Waals surface area contributed by atoms with Crippen molar-refractivity contribution in [1.82, 2.24) is 4.98 Å². The van der Waals surface area contributed by atoms with Crippen LogP contribution in [0.5, 0.6) is 0 Å². The first-order chi connectivity index (χ1) is 7.79. The van der Waals surface area contributed by atoms with Crippen LogP contribution in [-0.2, 0) is 0 Å². The fourth-order valence-corrected chi connectivity index (χ4v) is 2.47. The molecule has 80 valence electrons. The molecule has 0 saturated heterocycles. The summed E-state index contributed by atoms with van der Waals surface area (Å²) in [6.07, 6.45) is 2.37. The standard InChI is InChI=1S/C12H8BrNOS/c13-10-3-1-2-4-11(10)16-12-6-5-9(8-15)7-14-12/h1-8H. The van der Waals surface area contributed by atoms with E-state index < -0.39 is 0 Å². The van der Waals surface area contributed by atoms with Gasteiger partial charge in [-0.25, -0.2) is 4.98 Å². The summed E-state index contributed by atoms with van der Waals surface area (Å²) in [4.78, 5) is 15.8. The van der Waals surface area contributed by atoms with Crippen LogP contribution in [0, 0.1) is 0 Å². The quantitative estimate of drug-likeness (QED) is 0.806. The molecule has 0 fully saturated rings. The van der Waals surface area contributed by atoms with Crippen molar-refractivity contribution >= 4 is 34.0 Å². The minimum Gasteiger partial charge on any atom is -0.298 e. The molecule has 2 nitrogen and oxygen atoms in total. The van der Waals surface area contributed by atoms with Gasteiger partial charge in [0.25, 0.3) is 0 Å². The Bertz CT molecular complexity index is 499. The van der Waals surface area contributed by atoms with Gasteiger partial charge in [0.2, 0.25) is 0 Å². The number of aldehydes is 1. The van der Waals surface area contributed by atoms with Gasteiger partial charge in [-0.1, -0.05) is 23.9 Å². The van der Waals surface area contributed by atoms with Crippen molar-refractivity contribution in [3.63, 3.8) is 0 Å². The second-order valence-electron chi connectivity index (χ2n) is 3.08.